The zero-order chi connectivity index (χ0) is 35.6. The average molecular weight is 690 g/mol. The summed E-state index contributed by atoms with van der Waals surface area (Å²) < 4.78 is 9.31. The van der Waals surface area contributed by atoms with Gasteiger partial charge in [-0.3, -0.25) is 0 Å². The highest BCUT2D eigenvalue weighted by Gasteiger charge is 2.20. The third-order valence-corrected chi connectivity index (χ3v) is 10.6. The topological polar surface area (TPSA) is 43.9 Å². The maximum atomic E-state index is 6.95. The van der Waals surface area contributed by atoms with Crippen LogP contribution in [0.3, 0.4) is 0 Å². The molecule has 252 valence electrons. The van der Waals surface area contributed by atoms with Gasteiger partial charge in [0.15, 0.2) is 5.82 Å². The van der Waals surface area contributed by atoms with E-state index in [-0.39, 0.29) is 0 Å². The molecular weight excluding hydrogens is 659 g/mol. The van der Waals surface area contributed by atoms with Crippen LogP contribution in [-0.4, -0.2) is 14.5 Å². The van der Waals surface area contributed by atoms with E-state index in [0.29, 0.717) is 5.82 Å². The molecule has 0 fully saturated rings. The van der Waals surface area contributed by atoms with Gasteiger partial charge in [-0.2, -0.15) is 0 Å². The minimum atomic E-state index is 0.642. The van der Waals surface area contributed by atoms with Crippen LogP contribution in [0.5, 0.6) is 0 Å². The van der Waals surface area contributed by atoms with Crippen molar-refractivity contribution in [1.82, 2.24) is 14.5 Å². The van der Waals surface area contributed by atoms with Crippen LogP contribution in [0, 0.1) is 0 Å². The van der Waals surface area contributed by atoms with Crippen molar-refractivity contribution < 1.29 is 4.42 Å². The highest BCUT2D eigenvalue weighted by Crippen LogP contribution is 2.42. The van der Waals surface area contributed by atoms with E-state index in [0.717, 1.165) is 72.0 Å². The molecule has 4 heteroatoms. The Kier molecular flexibility index (Phi) is 6.82. The fourth-order valence-electron chi connectivity index (χ4n) is 8.09. The van der Waals surface area contributed by atoms with Gasteiger partial charge in [-0.1, -0.05) is 140 Å². The summed E-state index contributed by atoms with van der Waals surface area (Å²) >= 11 is 0. The van der Waals surface area contributed by atoms with Gasteiger partial charge in [0.2, 0.25) is 0 Å². The Bertz CT molecular complexity index is 3200. The third kappa shape index (κ3) is 4.78. The maximum Gasteiger partial charge on any atom is 0.164 e. The first-order valence-corrected chi connectivity index (χ1v) is 18.2. The lowest BCUT2D eigenvalue weighted by atomic mass is 9.99. The number of rotatable bonds is 5. The number of hydrogen-bond donors (Lipinski definition) is 0. The highest BCUT2D eigenvalue weighted by molar-refractivity contribution is 6.15. The van der Waals surface area contributed by atoms with Crippen LogP contribution in [0.15, 0.2) is 192 Å². The molecule has 11 rings (SSSR count). The Morgan fingerprint density at radius 3 is 1.65 bits per heavy atom. The molecule has 11 aromatic rings. The minimum absolute atomic E-state index is 0.642. The summed E-state index contributed by atoms with van der Waals surface area (Å²) in [4.78, 5) is 10.3. The van der Waals surface area contributed by atoms with Gasteiger partial charge in [0.05, 0.1) is 27.8 Å². The molecule has 0 aliphatic rings. The first-order chi connectivity index (χ1) is 26.8. The van der Waals surface area contributed by atoms with E-state index in [2.05, 4.69) is 162 Å². The van der Waals surface area contributed by atoms with Gasteiger partial charge in [0.25, 0.3) is 0 Å². The van der Waals surface area contributed by atoms with Crippen LogP contribution >= 0.6 is 0 Å². The van der Waals surface area contributed by atoms with Gasteiger partial charge < -0.3 is 8.98 Å². The lowest BCUT2D eigenvalue weighted by Gasteiger charge is -2.09. The van der Waals surface area contributed by atoms with E-state index in [1.165, 1.54) is 27.4 Å². The molecule has 0 spiro atoms. The summed E-state index contributed by atoms with van der Waals surface area (Å²) in [5.74, 6) is 0.642. The Labute approximate surface area is 311 Å². The average Bonchev–Trinajstić information content (AvgIpc) is 3.79. The number of aromatic nitrogens is 3. The molecule has 0 radical (unpaired) electrons. The normalized spacial score (nSPS) is 11.7. The van der Waals surface area contributed by atoms with Gasteiger partial charge in [-0.25, -0.2) is 9.97 Å². The third-order valence-electron chi connectivity index (χ3n) is 10.6. The Balaban J connectivity index is 1.12. The number of hydrogen-bond acceptors (Lipinski definition) is 3. The predicted octanol–water partition coefficient (Wildman–Crippen LogP) is 13.3. The van der Waals surface area contributed by atoms with Crippen molar-refractivity contribution in [2.45, 2.75) is 0 Å². The number of fused-ring (bicyclic) bond motifs is 7. The molecule has 0 bridgehead atoms. The van der Waals surface area contributed by atoms with Gasteiger partial charge in [0, 0.05) is 43.7 Å². The van der Waals surface area contributed by atoms with Gasteiger partial charge >= 0.3 is 0 Å². The number of furan rings is 1. The Morgan fingerprint density at radius 1 is 0.370 bits per heavy atom. The van der Waals surface area contributed by atoms with Crippen LogP contribution in [-0.2, 0) is 0 Å². The number of nitrogens with zero attached hydrogens (tertiary/aromatic N) is 3. The van der Waals surface area contributed by atoms with Crippen molar-refractivity contribution in [3.8, 4) is 50.6 Å². The first-order valence-electron chi connectivity index (χ1n) is 18.2. The first kappa shape index (κ1) is 30.3. The quantitative estimate of drug-likeness (QED) is 0.181. The molecular formula is C50H31N3O. The standard InChI is InChI=1S/C50H31N3O/c1-4-14-32(15-5-1)34-26-28-45-42(30-34)43-31-35(27-29-46(43)53(45)36-18-8-3-9-19-36)37-21-12-22-38-39-23-13-24-41(49(39)54-48(37)38)50-51-44-25-11-10-20-40(44)47(52-50)33-16-6-2-7-17-33/h1-31H. The fourth-order valence-corrected chi connectivity index (χ4v) is 8.09. The van der Waals surface area contributed by atoms with Crippen molar-refractivity contribution in [3.05, 3.63) is 188 Å². The van der Waals surface area contributed by atoms with E-state index in [1.807, 2.05) is 30.3 Å². The van der Waals surface area contributed by atoms with Gasteiger partial charge in [-0.15, -0.1) is 0 Å². The van der Waals surface area contributed by atoms with Gasteiger partial charge in [-0.05, 0) is 65.2 Å². The second-order valence-corrected chi connectivity index (χ2v) is 13.7. The van der Waals surface area contributed by atoms with Crippen molar-refractivity contribution >= 4 is 54.6 Å². The molecule has 8 aromatic carbocycles. The van der Waals surface area contributed by atoms with Crippen molar-refractivity contribution in [1.29, 1.82) is 0 Å². The molecule has 3 aromatic heterocycles. The van der Waals surface area contributed by atoms with Crippen LogP contribution < -0.4 is 0 Å². The second-order valence-electron chi connectivity index (χ2n) is 13.7. The maximum absolute atomic E-state index is 6.95. The van der Waals surface area contributed by atoms with E-state index < -0.39 is 0 Å². The summed E-state index contributed by atoms with van der Waals surface area (Å²) in [6.45, 7) is 0. The fraction of sp³-hybridized carbons (Fsp3) is 0. The van der Waals surface area contributed by atoms with Gasteiger partial charge in [0.1, 0.15) is 11.2 Å². The van der Waals surface area contributed by atoms with Crippen LogP contribution in [0.1, 0.15) is 0 Å². The smallest absolute Gasteiger partial charge is 0.164 e. The van der Waals surface area contributed by atoms with Crippen molar-refractivity contribution in [2.24, 2.45) is 0 Å². The Hall–Kier alpha value is -7.30. The summed E-state index contributed by atoms with van der Waals surface area (Å²) in [6, 6.07) is 66.1. The van der Waals surface area contributed by atoms with E-state index >= 15 is 0 Å². The zero-order valence-corrected chi connectivity index (χ0v) is 29.1. The van der Waals surface area contributed by atoms with Crippen LogP contribution in [0.2, 0.25) is 0 Å². The summed E-state index contributed by atoms with van der Waals surface area (Å²) in [5.41, 5.74) is 13.3. The van der Waals surface area contributed by atoms with E-state index in [1.54, 1.807) is 0 Å². The summed E-state index contributed by atoms with van der Waals surface area (Å²) in [6.07, 6.45) is 0. The molecule has 54 heavy (non-hydrogen) atoms. The predicted molar refractivity (Wildman–Crippen MR) is 223 cm³/mol. The lowest BCUT2D eigenvalue weighted by molar-refractivity contribution is 0.670. The van der Waals surface area contributed by atoms with E-state index in [9.17, 15) is 0 Å². The molecule has 0 unspecified atom stereocenters. The SMILES string of the molecule is c1ccc(-c2ccc3c(c2)c2cc(-c4cccc5c4oc4c(-c6nc(-c7ccccc7)c7ccccc7n6)cccc45)ccc2n3-c2ccccc2)cc1. The molecule has 4 nitrogen and oxygen atoms in total. The van der Waals surface area contributed by atoms with Crippen molar-refractivity contribution in [2.75, 3.05) is 0 Å². The number of benzene rings is 8. The second kappa shape index (κ2) is 12.1. The molecule has 0 amide bonds. The van der Waals surface area contributed by atoms with Crippen LogP contribution in [0.4, 0.5) is 0 Å². The van der Waals surface area contributed by atoms with Crippen LogP contribution in [0.25, 0.3) is 105 Å². The zero-order valence-electron chi connectivity index (χ0n) is 29.1. The summed E-state index contributed by atoms with van der Waals surface area (Å²) in [5, 5.41) is 5.52. The number of para-hydroxylation sites is 4. The lowest BCUT2D eigenvalue weighted by Crippen LogP contribution is -1.95. The van der Waals surface area contributed by atoms with Crippen molar-refractivity contribution in [3.63, 3.8) is 0 Å². The molecule has 0 aliphatic heterocycles. The molecule has 0 atom stereocenters. The largest absolute Gasteiger partial charge is 0.455 e. The monoisotopic (exact) mass is 689 g/mol. The van der Waals surface area contributed by atoms with E-state index in [4.69, 9.17) is 14.4 Å². The summed E-state index contributed by atoms with van der Waals surface area (Å²) in [7, 11) is 0. The molecule has 0 aliphatic carbocycles. The molecule has 3 heterocycles. The molecule has 0 saturated carbocycles. The highest BCUT2D eigenvalue weighted by atomic mass is 16.3. The Morgan fingerprint density at radius 2 is 0.926 bits per heavy atom. The molecule has 0 N–H and O–H groups in total. The minimum Gasteiger partial charge on any atom is -0.455 e. The molecule has 0 saturated heterocycles.